The maximum atomic E-state index is 4.09. The molecule has 1 aliphatic heterocycles. The van der Waals surface area contributed by atoms with E-state index in [2.05, 4.69) is 293 Å². The zero-order valence-corrected chi connectivity index (χ0v) is 42.1. The molecule has 13 aromatic rings. The molecule has 0 bridgehead atoms. The second-order valence-electron chi connectivity index (χ2n) is 20.6. The summed E-state index contributed by atoms with van der Waals surface area (Å²) < 4.78 is 7.41. The fraction of sp³-hybridized carbons (Fsp3) is 0.0556. The standard InChI is InChI=1S/C72H52N4/c1-47-18-15-30-64-63-29-9-14-35-71(63)76(72(47)64)56-24-17-23-53(41-56)66-45-55(50-38-36-49(37-39-50)48-19-3-2-4-20-48)44-65(73-66)52-22-16-21-51(40-52)54-42-57(74-67-31-10-5-25-59(67)60-26-6-11-32-68(60)74)46-58(43-54)75-69-33-12-7-27-61(69)62-28-8-13-34-70(62)75/h2-17,19-47,65,73H,18H2,1H3. The summed E-state index contributed by atoms with van der Waals surface area (Å²) in [6.45, 7) is 2.36. The van der Waals surface area contributed by atoms with E-state index < -0.39 is 0 Å². The molecule has 0 radical (unpaired) electrons. The first-order valence-electron chi connectivity index (χ1n) is 26.6. The first-order chi connectivity index (χ1) is 37.6. The van der Waals surface area contributed by atoms with Crippen LogP contribution in [0, 0.1) is 0 Å². The Balaban J connectivity index is 0.888. The fourth-order valence-electron chi connectivity index (χ4n) is 12.5. The molecule has 10 aromatic carbocycles. The second kappa shape index (κ2) is 17.8. The lowest BCUT2D eigenvalue weighted by Gasteiger charge is -2.27. The maximum Gasteiger partial charge on any atom is 0.0707 e. The molecule has 0 fully saturated rings. The number of hydrogen-bond donors (Lipinski definition) is 1. The molecule has 1 aliphatic carbocycles. The number of benzene rings is 10. The molecule has 360 valence electrons. The number of nitrogens with zero attached hydrogens (tertiary/aromatic N) is 3. The topological polar surface area (TPSA) is 26.8 Å². The van der Waals surface area contributed by atoms with Crippen molar-refractivity contribution in [1.29, 1.82) is 0 Å². The normalized spacial score (nSPS) is 15.3. The monoisotopic (exact) mass is 972 g/mol. The number of aromatic nitrogens is 3. The van der Waals surface area contributed by atoms with E-state index in [9.17, 15) is 0 Å². The summed E-state index contributed by atoms with van der Waals surface area (Å²) in [5.41, 5.74) is 22.6. The Labute approximate surface area is 442 Å². The molecule has 3 aromatic heterocycles. The van der Waals surface area contributed by atoms with Gasteiger partial charge in [-0.05, 0) is 130 Å². The predicted molar refractivity (Wildman–Crippen MR) is 320 cm³/mol. The Kier molecular flexibility index (Phi) is 10.3. The molecule has 0 amide bonds. The highest BCUT2D eigenvalue weighted by molar-refractivity contribution is 6.11. The van der Waals surface area contributed by atoms with Gasteiger partial charge >= 0.3 is 0 Å². The zero-order valence-electron chi connectivity index (χ0n) is 42.1. The predicted octanol–water partition coefficient (Wildman–Crippen LogP) is 18.4. The van der Waals surface area contributed by atoms with Crippen LogP contribution in [0.15, 0.2) is 261 Å². The van der Waals surface area contributed by atoms with Crippen LogP contribution in [0.5, 0.6) is 0 Å². The molecular formula is C72H52N4. The van der Waals surface area contributed by atoms with Crippen molar-refractivity contribution in [3.05, 3.63) is 289 Å². The van der Waals surface area contributed by atoms with Gasteiger partial charge in [0.15, 0.2) is 0 Å². The minimum absolute atomic E-state index is 0.130. The molecular weight excluding hydrogens is 921 g/mol. The number of dihydropyridines is 1. The van der Waals surface area contributed by atoms with Gasteiger partial charge < -0.3 is 19.0 Å². The van der Waals surface area contributed by atoms with Gasteiger partial charge in [0.2, 0.25) is 0 Å². The number of fused-ring (bicyclic) bond motifs is 9. The highest BCUT2D eigenvalue weighted by Crippen LogP contribution is 2.42. The fourth-order valence-corrected chi connectivity index (χ4v) is 12.5. The lowest BCUT2D eigenvalue weighted by molar-refractivity contribution is 0.723. The van der Waals surface area contributed by atoms with Gasteiger partial charge in [-0.1, -0.05) is 195 Å². The molecule has 4 heterocycles. The van der Waals surface area contributed by atoms with Crippen molar-refractivity contribution in [3.63, 3.8) is 0 Å². The minimum atomic E-state index is -0.130. The van der Waals surface area contributed by atoms with E-state index in [4.69, 9.17) is 0 Å². The molecule has 2 unspecified atom stereocenters. The molecule has 0 spiro atoms. The van der Waals surface area contributed by atoms with Gasteiger partial charge in [0.1, 0.15) is 0 Å². The maximum absolute atomic E-state index is 4.09. The summed E-state index contributed by atoms with van der Waals surface area (Å²) in [4.78, 5) is 0. The summed E-state index contributed by atoms with van der Waals surface area (Å²) in [5.74, 6) is 0.397. The Morgan fingerprint density at radius 2 is 0.868 bits per heavy atom. The van der Waals surface area contributed by atoms with Crippen molar-refractivity contribution in [2.45, 2.75) is 25.3 Å². The average molecular weight is 973 g/mol. The van der Waals surface area contributed by atoms with Crippen molar-refractivity contribution in [3.8, 4) is 39.3 Å². The molecule has 2 atom stereocenters. The lowest BCUT2D eigenvalue weighted by Crippen LogP contribution is -2.22. The van der Waals surface area contributed by atoms with Crippen LogP contribution in [0.3, 0.4) is 0 Å². The smallest absolute Gasteiger partial charge is 0.0707 e. The summed E-state index contributed by atoms with van der Waals surface area (Å²) >= 11 is 0. The molecule has 0 saturated carbocycles. The average Bonchev–Trinajstić information content (AvgIpc) is 4.14. The van der Waals surface area contributed by atoms with Crippen LogP contribution in [-0.4, -0.2) is 13.7 Å². The van der Waals surface area contributed by atoms with Crippen LogP contribution in [0.4, 0.5) is 0 Å². The quantitative estimate of drug-likeness (QED) is 0.161. The highest BCUT2D eigenvalue weighted by atomic mass is 15.0. The van der Waals surface area contributed by atoms with E-state index in [0.29, 0.717) is 5.92 Å². The van der Waals surface area contributed by atoms with Gasteiger partial charge in [0.05, 0.1) is 33.6 Å². The first-order valence-corrected chi connectivity index (χ1v) is 26.6. The Morgan fingerprint density at radius 3 is 1.49 bits per heavy atom. The van der Waals surface area contributed by atoms with Gasteiger partial charge in [0.25, 0.3) is 0 Å². The van der Waals surface area contributed by atoms with E-state index in [1.165, 1.54) is 99.3 Å². The summed E-state index contributed by atoms with van der Waals surface area (Å²) in [6, 6.07) is 89.1. The van der Waals surface area contributed by atoms with Gasteiger partial charge in [0, 0.05) is 66.9 Å². The number of para-hydroxylation sites is 5. The van der Waals surface area contributed by atoms with Crippen molar-refractivity contribution in [1.82, 2.24) is 19.0 Å². The van der Waals surface area contributed by atoms with Gasteiger partial charge in [-0.2, -0.15) is 0 Å². The van der Waals surface area contributed by atoms with Crippen molar-refractivity contribution in [2.75, 3.05) is 0 Å². The number of hydrogen-bond acceptors (Lipinski definition) is 1. The van der Waals surface area contributed by atoms with Crippen LogP contribution in [0.25, 0.3) is 111 Å². The minimum Gasteiger partial charge on any atom is -0.374 e. The third-order valence-corrected chi connectivity index (χ3v) is 16.0. The van der Waals surface area contributed by atoms with Crippen LogP contribution in [0.1, 0.15) is 53.3 Å². The molecule has 0 saturated heterocycles. The third-order valence-electron chi connectivity index (χ3n) is 16.0. The Bertz CT molecular complexity index is 4300. The lowest BCUT2D eigenvalue weighted by atomic mass is 9.91. The van der Waals surface area contributed by atoms with Gasteiger partial charge in [-0.3, -0.25) is 0 Å². The van der Waals surface area contributed by atoms with E-state index in [1.54, 1.807) is 0 Å². The highest BCUT2D eigenvalue weighted by Gasteiger charge is 2.25. The van der Waals surface area contributed by atoms with Crippen molar-refractivity contribution < 1.29 is 0 Å². The summed E-state index contributed by atoms with van der Waals surface area (Å²) in [6.07, 6.45) is 10.4. The van der Waals surface area contributed by atoms with E-state index in [-0.39, 0.29) is 6.04 Å². The summed E-state index contributed by atoms with van der Waals surface area (Å²) in [7, 11) is 0. The molecule has 76 heavy (non-hydrogen) atoms. The molecule has 15 rings (SSSR count). The first kappa shape index (κ1) is 43.9. The van der Waals surface area contributed by atoms with E-state index in [1.807, 2.05) is 0 Å². The molecule has 4 heteroatoms. The number of allylic oxidation sites excluding steroid dienone is 3. The van der Waals surface area contributed by atoms with Crippen LogP contribution >= 0.6 is 0 Å². The summed E-state index contributed by atoms with van der Waals surface area (Å²) in [5, 5.41) is 10.4. The Morgan fingerprint density at radius 1 is 0.382 bits per heavy atom. The van der Waals surface area contributed by atoms with Crippen LogP contribution in [0.2, 0.25) is 0 Å². The van der Waals surface area contributed by atoms with Gasteiger partial charge in [-0.25, -0.2) is 0 Å². The van der Waals surface area contributed by atoms with Crippen molar-refractivity contribution >= 4 is 71.9 Å². The van der Waals surface area contributed by atoms with Crippen LogP contribution < -0.4 is 5.32 Å². The zero-order chi connectivity index (χ0) is 50.3. The van der Waals surface area contributed by atoms with Crippen LogP contribution in [-0.2, 0) is 0 Å². The van der Waals surface area contributed by atoms with Gasteiger partial charge in [-0.15, -0.1) is 0 Å². The van der Waals surface area contributed by atoms with E-state index in [0.717, 1.165) is 40.2 Å². The second-order valence-corrected chi connectivity index (χ2v) is 20.6. The van der Waals surface area contributed by atoms with Crippen molar-refractivity contribution in [2.24, 2.45) is 0 Å². The Hall–Kier alpha value is -9.64. The number of rotatable bonds is 8. The number of nitrogens with one attached hydrogen (secondary N) is 1. The third kappa shape index (κ3) is 7.21. The molecule has 2 aliphatic rings. The largest absolute Gasteiger partial charge is 0.374 e. The molecule has 4 nitrogen and oxygen atoms in total. The SMILES string of the molecule is CC1CC=Cc2c1n(-c1cccc(C3=CC(c4ccc(-c5ccccc5)cc4)=CC(c4cccc(-c5cc(-n6c7ccccc7c7ccccc76)cc(-n6c7ccccc7c7ccccc76)c5)c4)N3)c1)c1ccccc21. The van der Waals surface area contributed by atoms with E-state index >= 15 is 0 Å². The molecule has 1 N–H and O–H groups in total.